The van der Waals surface area contributed by atoms with E-state index in [0.717, 1.165) is 13.1 Å². The van der Waals surface area contributed by atoms with E-state index >= 15 is 0 Å². The normalized spacial score (nSPS) is 16.0. The molecule has 12 heavy (non-hydrogen) atoms. The van der Waals surface area contributed by atoms with E-state index in [-0.39, 0.29) is 5.28 Å². The van der Waals surface area contributed by atoms with Crippen molar-refractivity contribution >= 4 is 17.5 Å². The van der Waals surface area contributed by atoms with Gasteiger partial charge in [0.1, 0.15) is 5.82 Å². The van der Waals surface area contributed by atoms with E-state index in [0.29, 0.717) is 11.8 Å². The van der Waals surface area contributed by atoms with Crippen molar-refractivity contribution < 1.29 is 0 Å². The second-order valence-corrected chi connectivity index (χ2v) is 3.13. The summed E-state index contributed by atoms with van der Waals surface area (Å²) in [4.78, 5) is 14.2. The van der Waals surface area contributed by atoms with Crippen LogP contribution in [0, 0.1) is 6.92 Å². The van der Waals surface area contributed by atoms with Crippen molar-refractivity contribution in [2.45, 2.75) is 13.3 Å². The lowest BCUT2D eigenvalue weighted by molar-refractivity contribution is 0.597. The second-order valence-electron chi connectivity index (χ2n) is 2.79. The summed E-state index contributed by atoms with van der Waals surface area (Å²) in [6, 6.07) is 0. The molecule has 0 amide bonds. The van der Waals surface area contributed by atoms with Gasteiger partial charge in [0.25, 0.3) is 0 Å². The highest BCUT2D eigenvalue weighted by atomic mass is 35.5. The first kappa shape index (κ1) is 7.73. The lowest BCUT2D eigenvalue weighted by atomic mass is 10.2. The van der Waals surface area contributed by atoms with Gasteiger partial charge in [-0.25, -0.2) is 4.98 Å². The first-order valence-electron chi connectivity index (χ1n) is 3.89. The first-order chi connectivity index (χ1) is 5.75. The SMILES string of the molecule is Cc1nc(Cl)nc(N2CCC2)n1. The summed E-state index contributed by atoms with van der Waals surface area (Å²) in [7, 11) is 0. The van der Waals surface area contributed by atoms with Gasteiger partial charge < -0.3 is 4.90 Å². The van der Waals surface area contributed by atoms with Crippen LogP contribution in [-0.2, 0) is 0 Å². The molecule has 0 spiro atoms. The Morgan fingerprint density at radius 3 is 2.50 bits per heavy atom. The minimum absolute atomic E-state index is 0.282. The number of nitrogens with zero attached hydrogens (tertiary/aromatic N) is 4. The van der Waals surface area contributed by atoms with Crippen molar-refractivity contribution in [3.8, 4) is 0 Å². The van der Waals surface area contributed by atoms with Crippen molar-refractivity contribution in [1.82, 2.24) is 15.0 Å². The minimum atomic E-state index is 0.282. The zero-order chi connectivity index (χ0) is 8.55. The average molecular weight is 185 g/mol. The summed E-state index contributed by atoms with van der Waals surface area (Å²) in [5.41, 5.74) is 0. The molecule has 64 valence electrons. The highest BCUT2D eigenvalue weighted by Gasteiger charge is 2.17. The Balaban J connectivity index is 2.30. The van der Waals surface area contributed by atoms with Crippen molar-refractivity contribution in [1.29, 1.82) is 0 Å². The van der Waals surface area contributed by atoms with Crippen LogP contribution in [0.15, 0.2) is 0 Å². The van der Waals surface area contributed by atoms with Gasteiger partial charge in [0.2, 0.25) is 11.2 Å². The molecule has 1 aliphatic rings. The zero-order valence-electron chi connectivity index (χ0n) is 6.79. The van der Waals surface area contributed by atoms with Crippen LogP contribution >= 0.6 is 11.6 Å². The van der Waals surface area contributed by atoms with Crippen LogP contribution in [0.2, 0.25) is 5.28 Å². The fraction of sp³-hybridized carbons (Fsp3) is 0.571. The molecule has 5 heteroatoms. The molecule has 0 aliphatic carbocycles. The predicted octanol–water partition coefficient (Wildman–Crippen LogP) is 1.04. The minimum Gasteiger partial charge on any atom is -0.341 e. The number of anilines is 1. The van der Waals surface area contributed by atoms with Crippen LogP contribution in [0.25, 0.3) is 0 Å². The quantitative estimate of drug-likeness (QED) is 0.654. The molecule has 0 saturated carbocycles. The number of hydrogen-bond acceptors (Lipinski definition) is 4. The molecule has 0 atom stereocenters. The van der Waals surface area contributed by atoms with Gasteiger partial charge in [-0.15, -0.1) is 0 Å². The predicted molar refractivity (Wildman–Crippen MR) is 46.4 cm³/mol. The first-order valence-corrected chi connectivity index (χ1v) is 4.26. The highest BCUT2D eigenvalue weighted by Crippen LogP contribution is 2.16. The van der Waals surface area contributed by atoms with E-state index in [1.807, 2.05) is 6.92 Å². The van der Waals surface area contributed by atoms with Crippen molar-refractivity contribution in [2.24, 2.45) is 0 Å². The van der Waals surface area contributed by atoms with Crippen LogP contribution in [-0.4, -0.2) is 28.0 Å². The van der Waals surface area contributed by atoms with Crippen molar-refractivity contribution in [2.75, 3.05) is 18.0 Å². The molecule has 0 N–H and O–H groups in total. The summed E-state index contributed by atoms with van der Waals surface area (Å²) in [5.74, 6) is 1.38. The summed E-state index contributed by atoms with van der Waals surface area (Å²) in [6.07, 6.45) is 1.21. The molecule has 1 aromatic heterocycles. The number of halogens is 1. The molecule has 1 fully saturated rings. The third-order valence-electron chi connectivity index (χ3n) is 1.85. The fourth-order valence-electron chi connectivity index (χ4n) is 1.09. The maximum atomic E-state index is 5.69. The molecule has 2 heterocycles. The van der Waals surface area contributed by atoms with E-state index in [2.05, 4.69) is 19.9 Å². The van der Waals surface area contributed by atoms with Gasteiger partial charge in [-0.3, -0.25) is 0 Å². The van der Waals surface area contributed by atoms with E-state index in [4.69, 9.17) is 11.6 Å². The Morgan fingerprint density at radius 2 is 2.00 bits per heavy atom. The second kappa shape index (κ2) is 2.86. The molecule has 4 nitrogen and oxygen atoms in total. The average Bonchev–Trinajstić information content (AvgIpc) is 1.79. The lowest BCUT2D eigenvalue weighted by Gasteiger charge is -2.30. The molecule has 0 unspecified atom stereocenters. The summed E-state index contributed by atoms with van der Waals surface area (Å²) in [6.45, 7) is 3.87. The Labute approximate surface area is 75.6 Å². The molecular formula is C7H9ClN4. The van der Waals surface area contributed by atoms with E-state index < -0.39 is 0 Å². The fourth-order valence-corrected chi connectivity index (χ4v) is 1.29. The lowest BCUT2D eigenvalue weighted by Crippen LogP contribution is -2.38. The van der Waals surface area contributed by atoms with Gasteiger partial charge in [-0.2, -0.15) is 9.97 Å². The van der Waals surface area contributed by atoms with Gasteiger partial charge in [-0.1, -0.05) is 0 Å². The van der Waals surface area contributed by atoms with Gasteiger partial charge in [0, 0.05) is 13.1 Å². The van der Waals surface area contributed by atoms with Crippen LogP contribution in [0.5, 0.6) is 0 Å². The molecule has 0 aromatic carbocycles. The molecule has 1 aromatic rings. The topological polar surface area (TPSA) is 41.9 Å². The van der Waals surface area contributed by atoms with Crippen molar-refractivity contribution in [3.05, 3.63) is 11.1 Å². The van der Waals surface area contributed by atoms with Crippen LogP contribution in [0.4, 0.5) is 5.95 Å². The van der Waals surface area contributed by atoms with Crippen molar-refractivity contribution in [3.63, 3.8) is 0 Å². The smallest absolute Gasteiger partial charge is 0.229 e. The maximum absolute atomic E-state index is 5.69. The summed E-state index contributed by atoms with van der Waals surface area (Å²) < 4.78 is 0. The standard InChI is InChI=1S/C7H9ClN4/c1-5-9-6(8)11-7(10-5)12-3-2-4-12/h2-4H2,1H3. The number of aromatic nitrogens is 3. The maximum Gasteiger partial charge on any atom is 0.229 e. The number of aryl methyl sites for hydroxylation is 1. The zero-order valence-corrected chi connectivity index (χ0v) is 7.54. The molecular weight excluding hydrogens is 176 g/mol. The Hall–Kier alpha value is -0.900. The summed E-state index contributed by atoms with van der Waals surface area (Å²) in [5, 5.41) is 0.282. The molecule has 0 bridgehead atoms. The third-order valence-corrected chi connectivity index (χ3v) is 2.02. The highest BCUT2D eigenvalue weighted by molar-refractivity contribution is 6.28. The van der Waals surface area contributed by atoms with Gasteiger partial charge >= 0.3 is 0 Å². The van der Waals surface area contributed by atoms with E-state index in [1.165, 1.54) is 6.42 Å². The van der Waals surface area contributed by atoms with Crippen LogP contribution in [0.3, 0.4) is 0 Å². The Kier molecular flexibility index (Phi) is 1.84. The molecule has 1 aliphatic heterocycles. The summed E-state index contributed by atoms with van der Waals surface area (Å²) >= 11 is 5.69. The van der Waals surface area contributed by atoms with E-state index in [9.17, 15) is 0 Å². The largest absolute Gasteiger partial charge is 0.341 e. The molecule has 1 saturated heterocycles. The molecule has 0 radical (unpaired) electrons. The Bertz CT molecular complexity index is 277. The Morgan fingerprint density at radius 1 is 1.25 bits per heavy atom. The van der Waals surface area contributed by atoms with E-state index in [1.54, 1.807) is 0 Å². The number of rotatable bonds is 1. The number of hydrogen-bond donors (Lipinski definition) is 0. The van der Waals surface area contributed by atoms with Gasteiger partial charge in [0.15, 0.2) is 0 Å². The van der Waals surface area contributed by atoms with Crippen LogP contribution < -0.4 is 4.90 Å². The monoisotopic (exact) mass is 184 g/mol. The van der Waals surface area contributed by atoms with Gasteiger partial charge in [-0.05, 0) is 24.9 Å². The van der Waals surface area contributed by atoms with Crippen LogP contribution in [0.1, 0.15) is 12.2 Å². The molecule has 2 rings (SSSR count). The third kappa shape index (κ3) is 1.34. The van der Waals surface area contributed by atoms with Gasteiger partial charge in [0.05, 0.1) is 0 Å².